The van der Waals surface area contributed by atoms with Crippen LogP contribution >= 0.6 is 24.2 Å². The van der Waals surface area contributed by atoms with Gasteiger partial charge in [-0.25, -0.2) is 4.79 Å². The Morgan fingerprint density at radius 2 is 1.67 bits per heavy atom. The van der Waals surface area contributed by atoms with Gasteiger partial charge in [0.1, 0.15) is 17.7 Å². The number of carbonyl (C=O) groups excluding carboxylic acids is 3. The van der Waals surface area contributed by atoms with Crippen molar-refractivity contribution in [2.45, 2.75) is 72.2 Å². The van der Waals surface area contributed by atoms with Crippen molar-refractivity contribution in [1.82, 2.24) is 10.2 Å². The minimum Gasteiger partial charge on any atom is -0.444 e. The molecule has 0 aliphatic heterocycles. The van der Waals surface area contributed by atoms with Gasteiger partial charge in [-0.15, -0.1) is 0 Å². The summed E-state index contributed by atoms with van der Waals surface area (Å²) in [6.07, 6.45) is -0.735. The fourth-order valence-electron chi connectivity index (χ4n) is 3.66. The highest BCUT2D eigenvalue weighted by atomic mass is 35.5. The molecule has 0 saturated carbocycles. The Labute approximate surface area is 224 Å². The molecule has 0 bridgehead atoms. The number of carbonyl (C=O) groups is 3. The molecular weight excluding hydrogens is 498 g/mol. The minimum absolute atomic E-state index is 0.0210. The van der Waals surface area contributed by atoms with E-state index in [4.69, 9.17) is 16.3 Å². The highest BCUT2D eigenvalue weighted by molar-refractivity contribution is 7.80. The third kappa shape index (κ3) is 7.90. The van der Waals surface area contributed by atoms with E-state index in [1.807, 2.05) is 58.0 Å². The number of aryl methyl sites for hydroxylation is 2. The van der Waals surface area contributed by atoms with E-state index in [9.17, 15) is 14.4 Å². The molecule has 0 radical (unpaired) electrons. The van der Waals surface area contributed by atoms with Gasteiger partial charge in [-0.3, -0.25) is 9.59 Å². The number of alkyl carbamates (subject to hydrolysis) is 1. The normalized spacial score (nSPS) is 13.1. The first kappa shape index (κ1) is 29.5. The Kier molecular flexibility index (Phi) is 10.3. The molecular formula is C27H36ClN3O4S. The van der Waals surface area contributed by atoms with E-state index in [1.54, 1.807) is 32.9 Å². The molecule has 0 aliphatic rings. The zero-order chi connectivity index (χ0) is 27.2. The number of amides is 3. The summed E-state index contributed by atoms with van der Waals surface area (Å²) in [5.74, 6) is -0.859. The standard InChI is InChI=1S/C27H36ClN3O4S/c1-16(2)31(25(33)21(15-36)29-26(34)35-27(5,6)7)23(19-13-11-17(3)12-14-19)24(32)30-22-18(4)9-8-10-20(22)28/h8-14,16,21,23,36H,15H2,1-7H3,(H,29,34)(H,30,32). The van der Waals surface area contributed by atoms with Crippen LogP contribution in [0.15, 0.2) is 42.5 Å². The Bertz CT molecular complexity index is 1060. The Morgan fingerprint density at radius 3 is 2.17 bits per heavy atom. The van der Waals surface area contributed by atoms with Crippen molar-refractivity contribution in [3.63, 3.8) is 0 Å². The molecule has 0 spiro atoms. The van der Waals surface area contributed by atoms with E-state index in [-0.39, 0.29) is 11.8 Å². The zero-order valence-electron chi connectivity index (χ0n) is 21.9. The number of anilines is 1. The Hall–Kier alpha value is -2.71. The van der Waals surface area contributed by atoms with Crippen molar-refractivity contribution in [3.8, 4) is 0 Å². The van der Waals surface area contributed by atoms with Gasteiger partial charge in [-0.2, -0.15) is 12.6 Å². The molecule has 0 fully saturated rings. The number of nitrogens with zero attached hydrogens (tertiary/aromatic N) is 1. The number of hydrogen-bond donors (Lipinski definition) is 3. The van der Waals surface area contributed by atoms with E-state index in [0.29, 0.717) is 16.3 Å². The van der Waals surface area contributed by atoms with E-state index in [2.05, 4.69) is 23.3 Å². The first-order valence-corrected chi connectivity index (χ1v) is 12.8. The molecule has 9 heteroatoms. The van der Waals surface area contributed by atoms with Crippen LogP contribution in [0.3, 0.4) is 0 Å². The first-order chi connectivity index (χ1) is 16.7. The highest BCUT2D eigenvalue weighted by Gasteiger charge is 2.37. The molecule has 0 saturated heterocycles. The van der Waals surface area contributed by atoms with Gasteiger partial charge < -0.3 is 20.3 Å². The third-order valence-electron chi connectivity index (χ3n) is 5.37. The van der Waals surface area contributed by atoms with Gasteiger partial charge in [0, 0.05) is 11.8 Å². The number of nitrogens with one attached hydrogen (secondary N) is 2. The predicted molar refractivity (Wildman–Crippen MR) is 148 cm³/mol. The predicted octanol–water partition coefficient (Wildman–Crippen LogP) is 5.70. The maximum atomic E-state index is 13.8. The van der Waals surface area contributed by atoms with Crippen molar-refractivity contribution in [2.75, 3.05) is 11.1 Å². The second-order valence-electron chi connectivity index (χ2n) is 9.95. The molecule has 2 unspecified atom stereocenters. The molecule has 0 heterocycles. The fourth-order valence-corrected chi connectivity index (χ4v) is 4.18. The topological polar surface area (TPSA) is 87.7 Å². The van der Waals surface area contributed by atoms with Gasteiger partial charge in [0.05, 0.1) is 10.7 Å². The number of halogens is 1. The molecule has 36 heavy (non-hydrogen) atoms. The number of rotatable bonds is 8. The van der Waals surface area contributed by atoms with Crippen LogP contribution < -0.4 is 10.6 Å². The lowest BCUT2D eigenvalue weighted by Gasteiger charge is -2.37. The summed E-state index contributed by atoms with van der Waals surface area (Å²) < 4.78 is 5.32. The lowest BCUT2D eigenvalue weighted by Crippen LogP contribution is -2.55. The fraction of sp³-hybridized carbons (Fsp3) is 0.444. The Balaban J connectivity index is 2.49. The molecule has 3 amide bonds. The highest BCUT2D eigenvalue weighted by Crippen LogP contribution is 2.30. The number of ether oxygens (including phenoxy) is 1. The summed E-state index contributed by atoms with van der Waals surface area (Å²) in [7, 11) is 0. The summed E-state index contributed by atoms with van der Waals surface area (Å²) in [6, 6.07) is 10.4. The molecule has 2 atom stereocenters. The summed E-state index contributed by atoms with van der Waals surface area (Å²) >= 11 is 10.7. The molecule has 0 aromatic heterocycles. The maximum absolute atomic E-state index is 13.8. The Morgan fingerprint density at radius 1 is 1.06 bits per heavy atom. The number of hydrogen-bond acceptors (Lipinski definition) is 5. The van der Waals surface area contributed by atoms with Gasteiger partial charge in [0.15, 0.2) is 0 Å². The summed E-state index contributed by atoms with van der Waals surface area (Å²) in [5, 5.41) is 5.91. The monoisotopic (exact) mass is 533 g/mol. The van der Waals surface area contributed by atoms with Crippen molar-refractivity contribution in [2.24, 2.45) is 0 Å². The van der Waals surface area contributed by atoms with Crippen LogP contribution in [0.2, 0.25) is 5.02 Å². The van der Waals surface area contributed by atoms with E-state index in [1.165, 1.54) is 4.90 Å². The van der Waals surface area contributed by atoms with Crippen LogP contribution in [0.25, 0.3) is 0 Å². The molecule has 7 nitrogen and oxygen atoms in total. The maximum Gasteiger partial charge on any atom is 0.408 e. The van der Waals surface area contributed by atoms with E-state index >= 15 is 0 Å². The average Bonchev–Trinajstić information content (AvgIpc) is 2.77. The van der Waals surface area contributed by atoms with Crippen LogP contribution in [0.4, 0.5) is 10.5 Å². The summed E-state index contributed by atoms with van der Waals surface area (Å²) in [5.41, 5.74) is 2.18. The van der Waals surface area contributed by atoms with Gasteiger partial charge >= 0.3 is 6.09 Å². The van der Waals surface area contributed by atoms with Crippen LogP contribution in [0, 0.1) is 13.8 Å². The average molecular weight is 534 g/mol. The minimum atomic E-state index is -1.01. The van der Waals surface area contributed by atoms with Crippen molar-refractivity contribution >= 4 is 47.8 Å². The largest absolute Gasteiger partial charge is 0.444 e. The second-order valence-corrected chi connectivity index (χ2v) is 10.7. The molecule has 2 aromatic carbocycles. The van der Waals surface area contributed by atoms with Crippen molar-refractivity contribution in [1.29, 1.82) is 0 Å². The quantitative estimate of drug-likeness (QED) is 0.380. The van der Waals surface area contributed by atoms with E-state index in [0.717, 1.165) is 11.1 Å². The van der Waals surface area contributed by atoms with Crippen LogP contribution in [-0.4, -0.2) is 46.2 Å². The van der Waals surface area contributed by atoms with Gasteiger partial charge in [-0.1, -0.05) is 53.6 Å². The number of benzene rings is 2. The van der Waals surface area contributed by atoms with Gasteiger partial charge in [0.2, 0.25) is 5.91 Å². The molecule has 196 valence electrons. The molecule has 2 N–H and O–H groups in total. The van der Waals surface area contributed by atoms with Crippen molar-refractivity contribution < 1.29 is 19.1 Å². The third-order valence-corrected chi connectivity index (χ3v) is 6.05. The number of thiol groups is 1. The van der Waals surface area contributed by atoms with Crippen LogP contribution in [0.5, 0.6) is 0 Å². The first-order valence-electron chi connectivity index (χ1n) is 11.8. The number of para-hydroxylation sites is 1. The van der Waals surface area contributed by atoms with Crippen LogP contribution in [0.1, 0.15) is 57.4 Å². The second kappa shape index (κ2) is 12.5. The lowest BCUT2D eigenvalue weighted by molar-refractivity contribution is -0.142. The molecule has 2 aromatic rings. The van der Waals surface area contributed by atoms with Crippen LogP contribution in [-0.2, 0) is 14.3 Å². The zero-order valence-corrected chi connectivity index (χ0v) is 23.5. The van der Waals surface area contributed by atoms with Crippen molar-refractivity contribution in [3.05, 3.63) is 64.2 Å². The van der Waals surface area contributed by atoms with Gasteiger partial charge in [-0.05, 0) is 65.7 Å². The SMILES string of the molecule is Cc1ccc(C(C(=O)Nc2c(C)cccc2Cl)N(C(=O)C(CS)NC(=O)OC(C)(C)C)C(C)C)cc1. The molecule has 0 aliphatic carbocycles. The smallest absolute Gasteiger partial charge is 0.408 e. The van der Waals surface area contributed by atoms with E-state index < -0.39 is 35.6 Å². The van der Waals surface area contributed by atoms with Gasteiger partial charge in [0.25, 0.3) is 5.91 Å². The lowest BCUT2D eigenvalue weighted by atomic mass is 10.00. The summed E-state index contributed by atoms with van der Waals surface area (Å²) in [6.45, 7) is 12.6. The summed E-state index contributed by atoms with van der Waals surface area (Å²) in [4.78, 5) is 41.5. The molecule has 2 rings (SSSR count).